The lowest BCUT2D eigenvalue weighted by Crippen LogP contribution is -2.49. The Hall–Kier alpha value is -3.72. The lowest BCUT2D eigenvalue weighted by Gasteiger charge is -2.39. The Morgan fingerprint density at radius 2 is 1.71 bits per heavy atom. The van der Waals surface area contributed by atoms with Crippen LogP contribution in [0.5, 0.6) is 5.75 Å². The Balaban J connectivity index is 1.18. The van der Waals surface area contributed by atoms with Crippen LogP contribution in [-0.4, -0.2) is 104 Å². The number of ether oxygens (including phenoxy) is 2. The second-order valence-electron chi connectivity index (χ2n) is 14.3. The van der Waals surface area contributed by atoms with E-state index in [4.69, 9.17) is 21.1 Å². The number of carbonyl (C=O) groups excluding carboxylic acids is 1. The normalized spacial score (nSPS) is 16.7. The predicted molar refractivity (Wildman–Crippen MR) is 199 cm³/mol. The molecule has 278 valence electrons. The van der Waals surface area contributed by atoms with Gasteiger partial charge in [-0.15, -0.1) is 0 Å². The highest BCUT2D eigenvalue weighted by molar-refractivity contribution is 7.92. The summed E-state index contributed by atoms with van der Waals surface area (Å²) in [6.45, 7) is 14.9. The lowest BCUT2D eigenvalue weighted by molar-refractivity contribution is -0.156. The summed E-state index contributed by atoms with van der Waals surface area (Å²) in [5, 5.41) is 5.60. The van der Waals surface area contributed by atoms with E-state index >= 15 is 4.39 Å². The van der Waals surface area contributed by atoms with E-state index in [9.17, 15) is 13.2 Å². The number of hydrogen-bond donors (Lipinski definition) is 2. The van der Waals surface area contributed by atoms with Crippen LogP contribution < -0.4 is 20.3 Å². The third-order valence-electron chi connectivity index (χ3n) is 9.04. The van der Waals surface area contributed by atoms with Crippen LogP contribution in [0.15, 0.2) is 47.5 Å². The summed E-state index contributed by atoms with van der Waals surface area (Å²) in [5.74, 6) is 0.673. The maximum Gasteiger partial charge on any atom is 0.320 e. The molecular formula is C36H49ClFN7O5S. The molecule has 5 rings (SSSR count). The number of anilines is 5. The number of sulfone groups is 1. The number of methoxy groups -OCH3 is 1. The van der Waals surface area contributed by atoms with E-state index < -0.39 is 26.5 Å². The fourth-order valence-corrected chi connectivity index (χ4v) is 7.65. The lowest BCUT2D eigenvalue weighted by atomic mass is 9.96. The number of carbonyl (C=O) groups is 1. The molecule has 0 unspecified atom stereocenters. The summed E-state index contributed by atoms with van der Waals surface area (Å²) in [5.41, 5.74) is 0.630. The first-order valence-electron chi connectivity index (χ1n) is 17.3. The molecule has 1 aromatic heterocycles. The van der Waals surface area contributed by atoms with Gasteiger partial charge in [0.15, 0.2) is 15.7 Å². The minimum Gasteiger partial charge on any atom is -0.494 e. The zero-order valence-corrected chi connectivity index (χ0v) is 31.8. The van der Waals surface area contributed by atoms with Crippen molar-refractivity contribution in [3.8, 4) is 5.75 Å². The number of para-hydroxylation sites is 1. The number of aromatic nitrogens is 2. The molecule has 12 nitrogen and oxygen atoms in total. The smallest absolute Gasteiger partial charge is 0.320 e. The molecular weight excluding hydrogens is 697 g/mol. The fourth-order valence-electron chi connectivity index (χ4n) is 6.31. The van der Waals surface area contributed by atoms with Crippen molar-refractivity contribution in [3.05, 3.63) is 53.4 Å². The van der Waals surface area contributed by atoms with Gasteiger partial charge < -0.3 is 25.0 Å². The molecule has 15 heteroatoms. The predicted octanol–water partition coefficient (Wildman–Crippen LogP) is 6.12. The minimum absolute atomic E-state index is 0.112. The third kappa shape index (κ3) is 10.00. The number of halogens is 2. The van der Waals surface area contributed by atoms with E-state index in [2.05, 4.69) is 30.4 Å². The van der Waals surface area contributed by atoms with Crippen LogP contribution in [0.25, 0.3) is 0 Å². The van der Waals surface area contributed by atoms with Crippen LogP contribution in [0, 0.1) is 11.7 Å². The highest BCUT2D eigenvalue weighted by Gasteiger charge is 2.28. The third-order valence-corrected chi connectivity index (χ3v) is 11.5. The maximum atomic E-state index is 15.7. The Labute approximate surface area is 305 Å². The second-order valence-corrected chi connectivity index (χ2v) is 17.2. The first-order chi connectivity index (χ1) is 24.1. The highest BCUT2D eigenvalue weighted by Crippen LogP contribution is 2.36. The zero-order valence-electron chi connectivity index (χ0n) is 30.2. The SMILES string of the molecule is COc1cc(N2CCN(CC3CCN(CC(=O)OC(C)(C)C)CC3)CC2)c(F)cc1Nc1ncc(Cl)c(Nc2ccccc2S(=O)(=O)C(C)C)n1. The van der Waals surface area contributed by atoms with E-state index in [-0.39, 0.29) is 27.7 Å². The summed E-state index contributed by atoms with van der Waals surface area (Å²) in [6, 6.07) is 9.57. The molecule has 0 atom stereocenters. The van der Waals surface area contributed by atoms with E-state index in [0.717, 1.165) is 45.6 Å². The van der Waals surface area contributed by atoms with Gasteiger partial charge in [0.25, 0.3) is 0 Å². The molecule has 2 fully saturated rings. The van der Waals surface area contributed by atoms with E-state index in [1.807, 2.05) is 25.7 Å². The first-order valence-corrected chi connectivity index (χ1v) is 19.2. The highest BCUT2D eigenvalue weighted by atomic mass is 35.5. The molecule has 0 bridgehead atoms. The molecule has 3 aromatic rings. The van der Waals surface area contributed by atoms with E-state index in [0.29, 0.717) is 48.4 Å². The van der Waals surface area contributed by atoms with Crippen LogP contribution in [0.1, 0.15) is 47.5 Å². The molecule has 51 heavy (non-hydrogen) atoms. The number of piperidine rings is 1. The van der Waals surface area contributed by atoms with Gasteiger partial charge in [-0.25, -0.2) is 17.8 Å². The molecule has 0 radical (unpaired) electrons. The van der Waals surface area contributed by atoms with Crippen molar-refractivity contribution in [1.29, 1.82) is 0 Å². The topological polar surface area (TPSA) is 129 Å². The Morgan fingerprint density at radius 1 is 1.02 bits per heavy atom. The average molecular weight is 746 g/mol. The van der Waals surface area contributed by atoms with Gasteiger partial charge in [-0.05, 0) is 78.6 Å². The van der Waals surface area contributed by atoms with Crippen molar-refractivity contribution in [2.75, 3.05) is 75.0 Å². The zero-order chi connectivity index (χ0) is 36.9. The quantitative estimate of drug-likeness (QED) is 0.207. The van der Waals surface area contributed by atoms with Gasteiger partial charge in [0.05, 0.1) is 47.1 Å². The van der Waals surface area contributed by atoms with Crippen LogP contribution in [0.4, 0.5) is 33.2 Å². The Kier molecular flexibility index (Phi) is 12.3. The molecule has 2 aliphatic heterocycles. The molecule has 3 heterocycles. The van der Waals surface area contributed by atoms with Gasteiger partial charge in [-0.1, -0.05) is 23.7 Å². The van der Waals surface area contributed by atoms with Crippen molar-refractivity contribution in [2.45, 2.75) is 63.2 Å². The number of benzene rings is 2. The van der Waals surface area contributed by atoms with Gasteiger partial charge in [0, 0.05) is 44.9 Å². The molecule has 2 aromatic carbocycles. The van der Waals surface area contributed by atoms with E-state index in [1.165, 1.54) is 25.4 Å². The molecule has 2 N–H and O–H groups in total. The van der Waals surface area contributed by atoms with Gasteiger partial charge >= 0.3 is 5.97 Å². The molecule has 0 spiro atoms. The summed E-state index contributed by atoms with van der Waals surface area (Å²) >= 11 is 6.40. The Bertz CT molecular complexity index is 1790. The summed E-state index contributed by atoms with van der Waals surface area (Å²) < 4.78 is 52.7. The Morgan fingerprint density at radius 3 is 2.35 bits per heavy atom. The molecule has 2 aliphatic rings. The van der Waals surface area contributed by atoms with Crippen molar-refractivity contribution in [2.24, 2.45) is 5.92 Å². The van der Waals surface area contributed by atoms with Crippen LogP contribution in [0.3, 0.4) is 0 Å². The molecule has 0 amide bonds. The number of rotatable bonds is 12. The minimum atomic E-state index is -3.59. The van der Waals surface area contributed by atoms with Crippen LogP contribution in [-0.2, 0) is 19.4 Å². The largest absolute Gasteiger partial charge is 0.494 e. The number of nitrogens with zero attached hydrogens (tertiary/aromatic N) is 5. The van der Waals surface area contributed by atoms with Crippen LogP contribution in [0.2, 0.25) is 5.02 Å². The number of hydrogen-bond acceptors (Lipinski definition) is 12. The standard InChI is InChI=1S/C36H49ClFN7O5S/c1-24(2)51(47,48)32-10-8-7-9-28(32)40-34-26(37)21-39-35(42-34)41-29-19-27(38)30(20-31(29)49-6)45-17-15-44(16-18-45)22-25-11-13-43(14-12-25)23-33(46)50-36(3,4)5/h7-10,19-21,24-25H,11-18,22-23H2,1-6H3,(H2,39,40,41,42). The van der Waals surface area contributed by atoms with Crippen molar-refractivity contribution < 1.29 is 27.1 Å². The van der Waals surface area contributed by atoms with Crippen molar-refractivity contribution in [1.82, 2.24) is 19.8 Å². The number of esters is 1. The first kappa shape index (κ1) is 38.5. The monoisotopic (exact) mass is 745 g/mol. The van der Waals surface area contributed by atoms with Gasteiger partial charge in [-0.3, -0.25) is 14.6 Å². The average Bonchev–Trinajstić information content (AvgIpc) is 3.07. The second kappa shape index (κ2) is 16.3. The number of likely N-dealkylation sites (tertiary alicyclic amines) is 1. The van der Waals surface area contributed by atoms with Gasteiger partial charge in [0.2, 0.25) is 5.95 Å². The molecule has 0 aliphatic carbocycles. The summed E-state index contributed by atoms with van der Waals surface area (Å²) in [6.07, 6.45) is 3.44. The van der Waals surface area contributed by atoms with Gasteiger partial charge in [-0.2, -0.15) is 4.98 Å². The molecule has 0 saturated carbocycles. The van der Waals surface area contributed by atoms with Crippen molar-refractivity contribution >= 4 is 56.2 Å². The molecule has 2 saturated heterocycles. The maximum absolute atomic E-state index is 15.7. The summed E-state index contributed by atoms with van der Waals surface area (Å²) in [7, 11) is -2.08. The van der Waals surface area contributed by atoms with Gasteiger partial charge in [0.1, 0.15) is 22.2 Å². The van der Waals surface area contributed by atoms with E-state index in [1.54, 1.807) is 38.1 Å². The fraction of sp³-hybridized carbons (Fsp3) is 0.528. The van der Waals surface area contributed by atoms with Crippen LogP contribution >= 0.6 is 11.6 Å². The van der Waals surface area contributed by atoms with Crippen molar-refractivity contribution in [3.63, 3.8) is 0 Å². The number of piperazine rings is 1. The summed E-state index contributed by atoms with van der Waals surface area (Å²) in [4.78, 5) is 27.7. The number of nitrogens with one attached hydrogen (secondary N) is 2.